The summed E-state index contributed by atoms with van der Waals surface area (Å²) in [6.07, 6.45) is 3.24. The van der Waals surface area contributed by atoms with Crippen molar-refractivity contribution < 1.29 is 13.2 Å². The predicted octanol–water partition coefficient (Wildman–Crippen LogP) is 4.66. The van der Waals surface area contributed by atoms with E-state index >= 15 is 0 Å². The number of urea groups is 1. The van der Waals surface area contributed by atoms with E-state index in [0.29, 0.717) is 10.8 Å². The Morgan fingerprint density at radius 2 is 1.59 bits per heavy atom. The third-order valence-electron chi connectivity index (χ3n) is 4.88. The lowest BCUT2D eigenvalue weighted by atomic mass is 10.1. The zero-order chi connectivity index (χ0) is 20.3. The van der Waals surface area contributed by atoms with Gasteiger partial charge in [-0.25, -0.2) is 18.2 Å². The standard InChI is InChI=1S/C21H21N3O3S2/c25-21(24-13-5-2-6-14-24)23-20-22-19(15-28-20)16-9-11-18(12-10-16)29(26,27)17-7-3-1-4-8-17/h1,3-4,7-12,15H,2,5-6,13-14H2,(H,22,23,25). The lowest BCUT2D eigenvalue weighted by molar-refractivity contribution is 0.200. The SMILES string of the molecule is O=C(Nc1nc(-c2ccc(S(=O)(=O)c3ccccc3)cc2)cs1)N1CCCCC1. The number of piperidine rings is 1. The van der Waals surface area contributed by atoms with Crippen molar-refractivity contribution >= 4 is 32.3 Å². The largest absolute Gasteiger partial charge is 0.324 e. The average Bonchev–Trinajstić information content (AvgIpc) is 3.23. The van der Waals surface area contributed by atoms with Crippen molar-refractivity contribution in [2.24, 2.45) is 0 Å². The van der Waals surface area contributed by atoms with Crippen LogP contribution in [0, 0.1) is 0 Å². The summed E-state index contributed by atoms with van der Waals surface area (Å²) in [5, 5.41) is 5.25. The van der Waals surface area contributed by atoms with Gasteiger partial charge in [0.1, 0.15) is 0 Å². The Morgan fingerprint density at radius 1 is 0.931 bits per heavy atom. The Kier molecular flexibility index (Phi) is 5.64. The van der Waals surface area contributed by atoms with E-state index in [-0.39, 0.29) is 15.8 Å². The van der Waals surface area contributed by atoms with Crippen LogP contribution in [0.1, 0.15) is 19.3 Å². The molecule has 2 amide bonds. The zero-order valence-corrected chi connectivity index (χ0v) is 17.4. The summed E-state index contributed by atoms with van der Waals surface area (Å²) in [7, 11) is -3.54. The molecular weight excluding hydrogens is 406 g/mol. The molecule has 0 spiro atoms. The van der Waals surface area contributed by atoms with E-state index in [2.05, 4.69) is 10.3 Å². The first-order chi connectivity index (χ1) is 14.0. The molecule has 2 aromatic carbocycles. The number of anilines is 1. The highest BCUT2D eigenvalue weighted by Crippen LogP contribution is 2.28. The highest BCUT2D eigenvalue weighted by molar-refractivity contribution is 7.91. The number of nitrogens with zero attached hydrogens (tertiary/aromatic N) is 2. The van der Waals surface area contributed by atoms with Crippen LogP contribution < -0.4 is 5.32 Å². The number of likely N-dealkylation sites (tertiary alicyclic amines) is 1. The smallest absolute Gasteiger partial charge is 0.323 e. The summed E-state index contributed by atoms with van der Waals surface area (Å²) in [6, 6.07) is 14.9. The van der Waals surface area contributed by atoms with Gasteiger partial charge in [0.2, 0.25) is 9.84 Å². The van der Waals surface area contributed by atoms with Crippen molar-refractivity contribution in [3.63, 3.8) is 0 Å². The molecule has 4 rings (SSSR count). The second kappa shape index (κ2) is 8.34. The first-order valence-electron chi connectivity index (χ1n) is 9.46. The third-order valence-corrected chi connectivity index (χ3v) is 7.42. The molecule has 0 atom stereocenters. The zero-order valence-electron chi connectivity index (χ0n) is 15.7. The monoisotopic (exact) mass is 427 g/mol. The topological polar surface area (TPSA) is 79.4 Å². The Labute approximate surface area is 174 Å². The Balaban J connectivity index is 1.48. The molecule has 0 saturated carbocycles. The molecule has 29 heavy (non-hydrogen) atoms. The molecular formula is C21H21N3O3S2. The van der Waals surface area contributed by atoms with Gasteiger partial charge in [-0.1, -0.05) is 30.3 Å². The van der Waals surface area contributed by atoms with Gasteiger partial charge in [-0.05, 0) is 43.5 Å². The number of nitrogens with one attached hydrogen (secondary N) is 1. The van der Waals surface area contributed by atoms with Gasteiger partial charge in [0.15, 0.2) is 5.13 Å². The van der Waals surface area contributed by atoms with Crippen LogP contribution in [0.3, 0.4) is 0 Å². The van der Waals surface area contributed by atoms with E-state index in [1.165, 1.54) is 17.8 Å². The number of benzene rings is 2. The number of aromatic nitrogens is 1. The van der Waals surface area contributed by atoms with Gasteiger partial charge in [0, 0.05) is 24.0 Å². The minimum atomic E-state index is -3.54. The maximum Gasteiger partial charge on any atom is 0.323 e. The predicted molar refractivity (Wildman–Crippen MR) is 114 cm³/mol. The fraction of sp³-hybridized carbons (Fsp3) is 0.238. The van der Waals surface area contributed by atoms with E-state index in [0.717, 1.165) is 31.5 Å². The second-order valence-corrected chi connectivity index (χ2v) is 9.66. The van der Waals surface area contributed by atoms with E-state index < -0.39 is 9.84 Å². The molecule has 8 heteroatoms. The molecule has 1 saturated heterocycles. The number of carbonyl (C=O) groups is 1. The first kappa shape index (κ1) is 19.6. The van der Waals surface area contributed by atoms with Crippen LogP contribution in [-0.2, 0) is 9.84 Å². The number of sulfone groups is 1. The molecule has 0 radical (unpaired) electrons. The van der Waals surface area contributed by atoms with Crippen molar-refractivity contribution in [2.45, 2.75) is 29.1 Å². The van der Waals surface area contributed by atoms with Gasteiger partial charge in [0.05, 0.1) is 15.5 Å². The minimum Gasteiger partial charge on any atom is -0.324 e. The summed E-state index contributed by atoms with van der Waals surface area (Å²) in [5.74, 6) is 0. The van der Waals surface area contributed by atoms with Gasteiger partial charge in [-0.15, -0.1) is 11.3 Å². The lowest BCUT2D eigenvalue weighted by Gasteiger charge is -2.26. The van der Waals surface area contributed by atoms with E-state index in [1.807, 2.05) is 10.3 Å². The van der Waals surface area contributed by atoms with Crippen molar-refractivity contribution in [1.29, 1.82) is 0 Å². The van der Waals surface area contributed by atoms with Crippen LogP contribution in [-0.4, -0.2) is 37.4 Å². The number of hydrogen-bond acceptors (Lipinski definition) is 5. The third kappa shape index (κ3) is 4.33. The van der Waals surface area contributed by atoms with Gasteiger partial charge in [-0.2, -0.15) is 0 Å². The number of hydrogen-bond donors (Lipinski definition) is 1. The fourth-order valence-electron chi connectivity index (χ4n) is 3.27. The van der Waals surface area contributed by atoms with Gasteiger partial charge < -0.3 is 4.90 Å². The first-order valence-corrected chi connectivity index (χ1v) is 11.8. The minimum absolute atomic E-state index is 0.116. The van der Waals surface area contributed by atoms with E-state index in [9.17, 15) is 13.2 Å². The molecule has 1 aliphatic heterocycles. The molecule has 1 aliphatic rings. The normalized spacial score (nSPS) is 14.6. The van der Waals surface area contributed by atoms with Crippen LogP contribution in [0.2, 0.25) is 0 Å². The number of thiazole rings is 1. The fourth-order valence-corrected chi connectivity index (χ4v) is 5.26. The quantitative estimate of drug-likeness (QED) is 0.657. The summed E-state index contributed by atoms with van der Waals surface area (Å²) in [5.41, 5.74) is 1.50. The second-order valence-electron chi connectivity index (χ2n) is 6.86. The maximum atomic E-state index is 12.7. The van der Waals surface area contributed by atoms with Crippen LogP contribution in [0.15, 0.2) is 69.8 Å². The van der Waals surface area contributed by atoms with Crippen LogP contribution in [0.4, 0.5) is 9.93 Å². The summed E-state index contributed by atoms with van der Waals surface area (Å²) in [4.78, 5) is 19.1. The summed E-state index contributed by atoms with van der Waals surface area (Å²) >= 11 is 1.36. The van der Waals surface area contributed by atoms with E-state index in [1.54, 1.807) is 54.6 Å². The van der Waals surface area contributed by atoms with Crippen LogP contribution in [0.25, 0.3) is 11.3 Å². The Bertz CT molecular complexity index is 1090. The van der Waals surface area contributed by atoms with Crippen LogP contribution in [0.5, 0.6) is 0 Å². The van der Waals surface area contributed by atoms with E-state index in [4.69, 9.17) is 0 Å². The number of carbonyl (C=O) groups excluding carboxylic acids is 1. The van der Waals surface area contributed by atoms with Gasteiger partial charge >= 0.3 is 6.03 Å². The van der Waals surface area contributed by atoms with Crippen molar-refractivity contribution in [3.8, 4) is 11.3 Å². The Hall–Kier alpha value is -2.71. The molecule has 6 nitrogen and oxygen atoms in total. The summed E-state index contributed by atoms with van der Waals surface area (Å²) < 4.78 is 25.4. The average molecular weight is 428 g/mol. The summed E-state index contributed by atoms with van der Waals surface area (Å²) in [6.45, 7) is 1.56. The van der Waals surface area contributed by atoms with Crippen molar-refractivity contribution in [1.82, 2.24) is 9.88 Å². The van der Waals surface area contributed by atoms with Gasteiger partial charge in [-0.3, -0.25) is 5.32 Å². The number of amides is 2. The molecule has 1 aromatic heterocycles. The molecule has 2 heterocycles. The van der Waals surface area contributed by atoms with Crippen LogP contribution >= 0.6 is 11.3 Å². The molecule has 0 aliphatic carbocycles. The van der Waals surface area contributed by atoms with Gasteiger partial charge in [0.25, 0.3) is 0 Å². The molecule has 0 unspecified atom stereocenters. The molecule has 0 bridgehead atoms. The number of rotatable bonds is 4. The lowest BCUT2D eigenvalue weighted by Crippen LogP contribution is -2.38. The Morgan fingerprint density at radius 3 is 2.28 bits per heavy atom. The molecule has 1 fully saturated rings. The van der Waals surface area contributed by atoms with Crippen molar-refractivity contribution in [2.75, 3.05) is 18.4 Å². The molecule has 3 aromatic rings. The maximum absolute atomic E-state index is 12.7. The highest BCUT2D eigenvalue weighted by atomic mass is 32.2. The molecule has 150 valence electrons. The van der Waals surface area contributed by atoms with Crippen molar-refractivity contribution in [3.05, 3.63) is 60.0 Å². The molecule has 1 N–H and O–H groups in total. The highest BCUT2D eigenvalue weighted by Gasteiger charge is 2.19.